The highest BCUT2D eigenvalue weighted by molar-refractivity contribution is 6.32. The lowest BCUT2D eigenvalue weighted by Crippen LogP contribution is -2.03. The number of rotatable bonds is 7. The molecule has 0 spiro atoms. The first kappa shape index (κ1) is 21.9. The number of anilines is 4. The summed E-state index contributed by atoms with van der Waals surface area (Å²) in [5.74, 6) is 1.32. The first-order chi connectivity index (χ1) is 16.4. The molecule has 5 N–H and O–H groups in total. The normalized spacial score (nSPS) is 13.0. The van der Waals surface area contributed by atoms with Crippen molar-refractivity contribution in [3.63, 3.8) is 0 Å². The Labute approximate surface area is 201 Å². The minimum atomic E-state index is -0.428. The Hall–Kier alpha value is -3.91. The van der Waals surface area contributed by atoms with Gasteiger partial charge < -0.3 is 16.4 Å². The largest absolute Gasteiger partial charge is 0.399 e. The van der Waals surface area contributed by atoms with Crippen molar-refractivity contribution < 1.29 is 4.39 Å². The molecule has 0 aliphatic heterocycles. The number of H-pyrrole nitrogens is 1. The minimum absolute atomic E-state index is 0.210. The van der Waals surface area contributed by atoms with Gasteiger partial charge in [0.2, 0.25) is 5.95 Å². The number of halogens is 2. The lowest BCUT2D eigenvalue weighted by Gasteiger charge is -2.13. The second-order valence-electron chi connectivity index (χ2n) is 8.37. The van der Waals surface area contributed by atoms with E-state index in [0.717, 1.165) is 27.9 Å². The summed E-state index contributed by atoms with van der Waals surface area (Å²) >= 11 is 6.27. The van der Waals surface area contributed by atoms with Crippen LogP contribution in [0.4, 0.5) is 27.7 Å². The molecule has 1 aliphatic carbocycles. The van der Waals surface area contributed by atoms with E-state index in [1.54, 1.807) is 6.07 Å². The Morgan fingerprint density at radius 1 is 1.18 bits per heavy atom. The lowest BCUT2D eigenvalue weighted by molar-refractivity contribution is 0.631. The molecule has 0 unspecified atom stereocenters. The van der Waals surface area contributed by atoms with E-state index in [4.69, 9.17) is 17.3 Å². The van der Waals surface area contributed by atoms with Crippen LogP contribution >= 0.6 is 11.6 Å². The number of aryl methyl sites for hydroxylation is 1. The molecule has 0 saturated heterocycles. The van der Waals surface area contributed by atoms with Gasteiger partial charge in [0.1, 0.15) is 10.8 Å². The summed E-state index contributed by atoms with van der Waals surface area (Å²) in [6, 6.07) is 12.7. The van der Waals surface area contributed by atoms with Crippen LogP contribution < -0.4 is 16.4 Å². The van der Waals surface area contributed by atoms with Crippen LogP contribution in [-0.2, 0) is 0 Å². The van der Waals surface area contributed by atoms with Gasteiger partial charge in [-0.3, -0.25) is 5.10 Å². The fourth-order valence-corrected chi connectivity index (χ4v) is 3.85. The number of nitrogens with zero attached hydrogens (tertiary/aromatic N) is 3. The fraction of sp³-hybridized carbons (Fsp3) is 0.160. The smallest absolute Gasteiger partial charge is 0.229 e. The summed E-state index contributed by atoms with van der Waals surface area (Å²) < 4.78 is 15.0. The lowest BCUT2D eigenvalue weighted by atomic mass is 9.98. The molecule has 4 aromatic rings. The highest BCUT2D eigenvalue weighted by Gasteiger charge is 2.25. The Kier molecular flexibility index (Phi) is 5.67. The Bertz CT molecular complexity index is 1380. The van der Waals surface area contributed by atoms with Crippen LogP contribution in [0.5, 0.6) is 0 Å². The average Bonchev–Trinajstić information content (AvgIpc) is 3.57. The van der Waals surface area contributed by atoms with Crippen molar-refractivity contribution in [3.05, 3.63) is 82.9 Å². The second kappa shape index (κ2) is 8.79. The van der Waals surface area contributed by atoms with Crippen LogP contribution in [0.3, 0.4) is 0 Å². The summed E-state index contributed by atoms with van der Waals surface area (Å²) in [4.78, 5) is 8.59. The summed E-state index contributed by atoms with van der Waals surface area (Å²) in [6.45, 7) is 5.65. The van der Waals surface area contributed by atoms with Crippen LogP contribution in [0.25, 0.3) is 16.8 Å². The van der Waals surface area contributed by atoms with Crippen LogP contribution in [0.15, 0.2) is 55.2 Å². The molecule has 2 heterocycles. The maximum absolute atomic E-state index is 15.0. The van der Waals surface area contributed by atoms with Crippen molar-refractivity contribution in [1.82, 2.24) is 20.2 Å². The van der Waals surface area contributed by atoms with Crippen LogP contribution in [-0.4, -0.2) is 20.2 Å². The minimum Gasteiger partial charge on any atom is -0.399 e. The summed E-state index contributed by atoms with van der Waals surface area (Å²) in [7, 11) is 0. The summed E-state index contributed by atoms with van der Waals surface area (Å²) in [5, 5.41) is 13.7. The summed E-state index contributed by atoms with van der Waals surface area (Å²) in [5.41, 5.74) is 11.0. The molecule has 7 nitrogen and oxygen atoms in total. The molecule has 9 heteroatoms. The van der Waals surface area contributed by atoms with E-state index in [9.17, 15) is 0 Å². The molecule has 0 atom stereocenters. The van der Waals surface area contributed by atoms with E-state index in [2.05, 4.69) is 37.4 Å². The van der Waals surface area contributed by atoms with Gasteiger partial charge in [-0.05, 0) is 54.2 Å². The van der Waals surface area contributed by atoms with E-state index >= 15 is 4.39 Å². The highest BCUT2D eigenvalue weighted by atomic mass is 35.5. The van der Waals surface area contributed by atoms with Gasteiger partial charge in [0.25, 0.3) is 0 Å². The number of aromatic nitrogens is 4. The average molecular weight is 476 g/mol. The second-order valence-corrected chi connectivity index (χ2v) is 8.78. The molecule has 5 rings (SSSR count). The Morgan fingerprint density at radius 3 is 2.65 bits per heavy atom. The molecule has 2 aromatic carbocycles. The predicted molar refractivity (Wildman–Crippen MR) is 134 cm³/mol. The van der Waals surface area contributed by atoms with Crippen LogP contribution in [0.1, 0.15) is 35.6 Å². The number of nitrogens with one attached hydrogen (secondary N) is 3. The molecular weight excluding hydrogens is 453 g/mol. The number of hydrogen-bond donors (Lipinski definition) is 4. The van der Waals surface area contributed by atoms with E-state index in [0.29, 0.717) is 28.3 Å². The summed E-state index contributed by atoms with van der Waals surface area (Å²) in [6.07, 6.45) is 3.80. The Balaban J connectivity index is 1.36. The fourth-order valence-electron chi connectivity index (χ4n) is 3.71. The third kappa shape index (κ3) is 4.58. The van der Waals surface area contributed by atoms with E-state index in [-0.39, 0.29) is 11.6 Å². The predicted octanol–water partition coefficient (Wildman–Crippen LogP) is 6.26. The first-order valence-electron chi connectivity index (χ1n) is 10.8. The molecule has 1 aliphatic rings. The zero-order valence-electron chi connectivity index (χ0n) is 18.5. The first-order valence-corrected chi connectivity index (χ1v) is 11.2. The molecule has 2 aromatic heterocycles. The SMILES string of the molecule is C=C(N)c1ccc(-c2cc(F)c(Nc3ncc(Cl)c(Nc4cc(C5CC5)[nH]n4)n3)cc2C)cc1. The molecule has 172 valence electrons. The van der Waals surface area contributed by atoms with Gasteiger partial charge >= 0.3 is 0 Å². The van der Waals surface area contributed by atoms with Crippen molar-refractivity contribution in [1.29, 1.82) is 0 Å². The maximum Gasteiger partial charge on any atom is 0.229 e. The molecule has 34 heavy (non-hydrogen) atoms. The van der Waals surface area contributed by atoms with Crippen molar-refractivity contribution in [3.8, 4) is 11.1 Å². The highest BCUT2D eigenvalue weighted by Crippen LogP contribution is 2.40. The topological polar surface area (TPSA) is 105 Å². The quantitative estimate of drug-likeness (QED) is 0.251. The van der Waals surface area contributed by atoms with Crippen molar-refractivity contribution >= 4 is 40.6 Å². The number of hydrogen-bond acceptors (Lipinski definition) is 6. The monoisotopic (exact) mass is 475 g/mol. The van der Waals surface area contributed by atoms with E-state index in [1.807, 2.05) is 37.3 Å². The molecule has 1 saturated carbocycles. The third-order valence-corrected chi connectivity index (χ3v) is 6.01. The molecule has 1 fully saturated rings. The van der Waals surface area contributed by atoms with Gasteiger partial charge in [0.05, 0.1) is 11.9 Å². The van der Waals surface area contributed by atoms with E-state index in [1.165, 1.54) is 25.1 Å². The zero-order valence-corrected chi connectivity index (χ0v) is 19.2. The van der Waals surface area contributed by atoms with Gasteiger partial charge in [-0.2, -0.15) is 10.1 Å². The molecule has 0 radical (unpaired) electrons. The standard InChI is InChI=1S/C25H23ClFN7/c1-13-9-22(20(27)10-18(13)16-5-3-15(4-6-16)14(2)28)30-25-29-12-19(26)24(32-25)31-23-11-21(33-34-23)17-7-8-17/h3-6,9-12,17H,2,7-8,28H2,1H3,(H3,29,30,31,32,33,34). The van der Waals surface area contributed by atoms with Gasteiger partial charge in [-0.1, -0.05) is 42.4 Å². The van der Waals surface area contributed by atoms with Gasteiger partial charge in [0.15, 0.2) is 11.6 Å². The number of aromatic amines is 1. The molecule has 0 amide bonds. The maximum atomic E-state index is 15.0. The zero-order chi connectivity index (χ0) is 23.8. The van der Waals surface area contributed by atoms with Crippen molar-refractivity contribution in [2.24, 2.45) is 5.73 Å². The Morgan fingerprint density at radius 2 is 1.94 bits per heavy atom. The third-order valence-electron chi connectivity index (χ3n) is 5.73. The van der Waals surface area contributed by atoms with Crippen molar-refractivity contribution in [2.45, 2.75) is 25.7 Å². The van der Waals surface area contributed by atoms with E-state index < -0.39 is 5.82 Å². The van der Waals surface area contributed by atoms with Crippen LogP contribution in [0, 0.1) is 12.7 Å². The van der Waals surface area contributed by atoms with Gasteiger partial charge in [-0.15, -0.1) is 0 Å². The number of nitrogens with two attached hydrogens (primary N) is 1. The molecule has 0 bridgehead atoms. The van der Waals surface area contributed by atoms with Crippen LogP contribution in [0.2, 0.25) is 5.02 Å². The van der Waals surface area contributed by atoms with Gasteiger partial charge in [-0.25, -0.2) is 9.37 Å². The van der Waals surface area contributed by atoms with Crippen molar-refractivity contribution in [2.75, 3.05) is 10.6 Å². The van der Waals surface area contributed by atoms with Gasteiger partial charge in [0, 0.05) is 23.4 Å². The molecular formula is C25H23ClFN7. The number of benzene rings is 2.